The normalized spacial score (nSPS) is 16.1. The van der Waals surface area contributed by atoms with Gasteiger partial charge in [0, 0.05) is 18.6 Å². The molecule has 0 saturated heterocycles. The van der Waals surface area contributed by atoms with Crippen LogP contribution in [0.5, 0.6) is 0 Å². The summed E-state index contributed by atoms with van der Waals surface area (Å²) in [5.41, 5.74) is 4.25. The molecule has 0 spiro atoms. The van der Waals surface area contributed by atoms with E-state index in [4.69, 9.17) is 6.42 Å². The highest BCUT2D eigenvalue weighted by Gasteiger charge is 2.42. The molecule has 0 N–H and O–H groups in total. The van der Waals surface area contributed by atoms with E-state index in [0.29, 0.717) is 0 Å². The SMILES string of the molecule is C#CCC[N+]1=C(C)C(C)(C)c2ccccc21.[Br-]. The summed E-state index contributed by atoms with van der Waals surface area (Å²) in [5.74, 6) is 2.72. The summed E-state index contributed by atoms with van der Waals surface area (Å²) in [5, 5.41) is 0. The molecule has 1 heterocycles. The molecule has 0 aromatic heterocycles. The van der Waals surface area contributed by atoms with Crippen LogP contribution in [0, 0.1) is 12.3 Å². The lowest BCUT2D eigenvalue weighted by molar-refractivity contribution is -0.437. The highest BCUT2D eigenvalue weighted by molar-refractivity contribution is 5.93. The molecule has 1 aromatic rings. The zero-order valence-electron chi connectivity index (χ0n) is 10.6. The van der Waals surface area contributed by atoms with Gasteiger partial charge in [-0.05, 0) is 13.8 Å². The van der Waals surface area contributed by atoms with Crippen molar-refractivity contribution in [3.8, 4) is 12.3 Å². The number of hydrogen-bond acceptors (Lipinski definition) is 0. The van der Waals surface area contributed by atoms with E-state index in [2.05, 4.69) is 55.5 Å². The third-order valence-corrected chi connectivity index (χ3v) is 3.66. The molecule has 0 aliphatic carbocycles. The average molecular weight is 292 g/mol. The minimum Gasteiger partial charge on any atom is -1.00 e. The van der Waals surface area contributed by atoms with Gasteiger partial charge in [-0.1, -0.05) is 18.2 Å². The first-order valence-corrected chi connectivity index (χ1v) is 5.73. The van der Waals surface area contributed by atoms with E-state index in [1.54, 1.807) is 0 Å². The summed E-state index contributed by atoms with van der Waals surface area (Å²) in [7, 11) is 0. The van der Waals surface area contributed by atoms with Crippen molar-refractivity contribution < 1.29 is 21.6 Å². The molecular weight excluding hydrogens is 274 g/mol. The lowest BCUT2D eigenvalue weighted by Crippen LogP contribution is -3.00. The number of benzene rings is 1. The van der Waals surface area contributed by atoms with E-state index < -0.39 is 0 Å². The quantitative estimate of drug-likeness (QED) is 0.538. The Morgan fingerprint density at radius 1 is 1.29 bits per heavy atom. The molecule has 1 nitrogen and oxygen atoms in total. The van der Waals surface area contributed by atoms with E-state index in [-0.39, 0.29) is 22.4 Å². The third kappa shape index (κ3) is 2.17. The Morgan fingerprint density at radius 2 is 1.94 bits per heavy atom. The number of halogens is 1. The van der Waals surface area contributed by atoms with Gasteiger partial charge in [0.15, 0.2) is 12.3 Å². The molecule has 0 bridgehead atoms. The zero-order valence-corrected chi connectivity index (χ0v) is 12.2. The van der Waals surface area contributed by atoms with Gasteiger partial charge in [-0.3, -0.25) is 0 Å². The Balaban J connectivity index is 0.00000144. The molecule has 1 aliphatic rings. The molecule has 2 heteroatoms. The predicted molar refractivity (Wildman–Crippen MR) is 68.4 cm³/mol. The van der Waals surface area contributed by atoms with E-state index in [1.165, 1.54) is 17.0 Å². The number of hydrogen-bond donors (Lipinski definition) is 0. The van der Waals surface area contributed by atoms with Crippen LogP contribution in [0.2, 0.25) is 0 Å². The average Bonchev–Trinajstić information content (AvgIpc) is 2.47. The van der Waals surface area contributed by atoms with E-state index >= 15 is 0 Å². The fourth-order valence-electron chi connectivity index (χ4n) is 2.41. The van der Waals surface area contributed by atoms with Crippen LogP contribution in [0.4, 0.5) is 5.69 Å². The predicted octanol–water partition coefficient (Wildman–Crippen LogP) is 0.110. The lowest BCUT2D eigenvalue weighted by atomic mass is 9.82. The highest BCUT2D eigenvalue weighted by atomic mass is 79.9. The van der Waals surface area contributed by atoms with Gasteiger partial charge < -0.3 is 17.0 Å². The molecule has 0 saturated carbocycles. The molecule has 0 amide bonds. The van der Waals surface area contributed by atoms with Crippen LogP contribution < -0.4 is 17.0 Å². The van der Waals surface area contributed by atoms with Gasteiger partial charge in [-0.2, -0.15) is 4.58 Å². The second-order valence-electron chi connectivity index (χ2n) is 4.83. The molecule has 0 atom stereocenters. The Kier molecular flexibility index (Phi) is 4.16. The molecule has 2 rings (SSSR count). The van der Waals surface area contributed by atoms with Crippen molar-refractivity contribution >= 4 is 11.4 Å². The zero-order chi connectivity index (χ0) is 11.8. The van der Waals surface area contributed by atoms with Crippen LogP contribution in [-0.4, -0.2) is 16.8 Å². The Morgan fingerprint density at radius 3 is 2.59 bits per heavy atom. The van der Waals surface area contributed by atoms with Crippen molar-refractivity contribution in [3.63, 3.8) is 0 Å². The highest BCUT2D eigenvalue weighted by Crippen LogP contribution is 2.38. The molecule has 90 valence electrons. The van der Waals surface area contributed by atoms with Gasteiger partial charge in [0.2, 0.25) is 5.69 Å². The minimum absolute atomic E-state index is 0. The molecule has 17 heavy (non-hydrogen) atoms. The number of terminal acetylenes is 1. The molecule has 0 fully saturated rings. The molecule has 1 aliphatic heterocycles. The number of fused-ring (bicyclic) bond motifs is 1. The Hall–Kier alpha value is -1.07. The van der Waals surface area contributed by atoms with E-state index in [9.17, 15) is 0 Å². The second-order valence-corrected chi connectivity index (χ2v) is 4.83. The summed E-state index contributed by atoms with van der Waals surface area (Å²) in [4.78, 5) is 0. The van der Waals surface area contributed by atoms with Crippen molar-refractivity contribution in [2.75, 3.05) is 6.54 Å². The molecule has 0 radical (unpaired) electrons. The van der Waals surface area contributed by atoms with Crippen LogP contribution in [0.15, 0.2) is 24.3 Å². The van der Waals surface area contributed by atoms with Crippen molar-refractivity contribution in [3.05, 3.63) is 29.8 Å². The van der Waals surface area contributed by atoms with Crippen LogP contribution in [0.3, 0.4) is 0 Å². The smallest absolute Gasteiger partial charge is 0.209 e. The van der Waals surface area contributed by atoms with Crippen molar-refractivity contribution in [2.24, 2.45) is 0 Å². The summed E-state index contributed by atoms with van der Waals surface area (Å²) in [6.45, 7) is 7.67. The fourth-order valence-corrected chi connectivity index (χ4v) is 2.41. The summed E-state index contributed by atoms with van der Waals surface area (Å²) < 4.78 is 2.36. The first-order chi connectivity index (χ1) is 7.59. The number of nitrogens with zero attached hydrogens (tertiary/aromatic N) is 1. The van der Waals surface area contributed by atoms with Crippen molar-refractivity contribution in [1.82, 2.24) is 0 Å². The summed E-state index contributed by atoms with van der Waals surface area (Å²) >= 11 is 0. The number of para-hydroxylation sites is 1. The molecule has 1 aromatic carbocycles. The third-order valence-electron chi connectivity index (χ3n) is 3.66. The van der Waals surface area contributed by atoms with E-state index in [0.717, 1.165) is 13.0 Å². The van der Waals surface area contributed by atoms with Gasteiger partial charge >= 0.3 is 0 Å². The minimum atomic E-state index is 0. The molecular formula is C15H18BrN. The van der Waals surface area contributed by atoms with Gasteiger partial charge in [-0.15, -0.1) is 12.3 Å². The van der Waals surface area contributed by atoms with Gasteiger partial charge in [0.25, 0.3) is 0 Å². The van der Waals surface area contributed by atoms with Gasteiger partial charge in [0.05, 0.1) is 11.8 Å². The first kappa shape index (κ1) is 14.0. The second kappa shape index (κ2) is 5.06. The topological polar surface area (TPSA) is 3.01 Å². The summed E-state index contributed by atoms with van der Waals surface area (Å²) in [6.07, 6.45) is 6.15. The van der Waals surface area contributed by atoms with Gasteiger partial charge in [-0.25, -0.2) is 0 Å². The van der Waals surface area contributed by atoms with Crippen molar-refractivity contribution in [1.29, 1.82) is 0 Å². The van der Waals surface area contributed by atoms with Gasteiger partial charge in [0.1, 0.15) is 0 Å². The summed E-state index contributed by atoms with van der Waals surface area (Å²) in [6, 6.07) is 8.60. The van der Waals surface area contributed by atoms with Crippen molar-refractivity contribution in [2.45, 2.75) is 32.6 Å². The van der Waals surface area contributed by atoms with Crippen LogP contribution in [0.25, 0.3) is 0 Å². The maximum Gasteiger partial charge on any atom is 0.209 e. The Labute approximate surface area is 114 Å². The standard InChI is InChI=1S/C15H18N.BrH/c1-5-6-11-16-12(2)15(3,4)13-9-7-8-10-14(13)16;/h1,7-10H,6,11H2,2-4H3;1H/q+1;/p-1. The number of rotatable bonds is 2. The first-order valence-electron chi connectivity index (χ1n) is 5.73. The maximum absolute atomic E-state index is 5.35. The monoisotopic (exact) mass is 291 g/mol. The van der Waals surface area contributed by atoms with Crippen LogP contribution in [0.1, 0.15) is 32.8 Å². The largest absolute Gasteiger partial charge is 1.00 e. The Bertz CT molecular complexity index is 492. The van der Waals surface area contributed by atoms with Crippen LogP contribution >= 0.6 is 0 Å². The van der Waals surface area contributed by atoms with Crippen LogP contribution in [-0.2, 0) is 5.41 Å². The fraction of sp³-hybridized carbons (Fsp3) is 0.400. The van der Waals surface area contributed by atoms with E-state index in [1.807, 2.05) is 0 Å². The molecule has 0 unspecified atom stereocenters. The maximum atomic E-state index is 5.35. The lowest BCUT2D eigenvalue weighted by Gasteiger charge is -2.14.